The molecule has 1 fully saturated rings. The summed E-state index contributed by atoms with van der Waals surface area (Å²) in [5, 5.41) is 11.8. The number of halogens is 1. The van der Waals surface area contributed by atoms with E-state index in [-0.39, 0.29) is 22.6 Å². The number of rotatable bonds is 6. The summed E-state index contributed by atoms with van der Waals surface area (Å²) in [4.78, 5) is 23.2. The molecule has 1 saturated carbocycles. The molecule has 22 heavy (non-hydrogen) atoms. The molecule has 0 radical (unpaired) electrons. The lowest BCUT2D eigenvalue weighted by atomic mass is 10.2. The van der Waals surface area contributed by atoms with Crippen molar-refractivity contribution in [3.63, 3.8) is 0 Å². The molecule has 0 heterocycles. The Morgan fingerprint density at radius 3 is 2.64 bits per heavy atom. The minimum atomic E-state index is -1.10. The standard InChI is InChI=1S/C16H20ClNO4/c1-2-14(22-11-5-3-4-6-11)15(19)18-10-7-8-12(16(20)21)13(17)9-10/h7-9,11,14H,2-6H2,1H3,(H,18,19)(H,20,21). The van der Waals surface area contributed by atoms with Crippen molar-refractivity contribution in [2.24, 2.45) is 0 Å². The van der Waals surface area contributed by atoms with E-state index >= 15 is 0 Å². The molecule has 2 rings (SSSR count). The van der Waals surface area contributed by atoms with Gasteiger partial charge in [0.05, 0.1) is 16.7 Å². The molecule has 0 saturated heterocycles. The number of carbonyl (C=O) groups is 2. The molecule has 1 amide bonds. The summed E-state index contributed by atoms with van der Waals surface area (Å²) in [7, 11) is 0. The van der Waals surface area contributed by atoms with Gasteiger partial charge in [-0.1, -0.05) is 31.4 Å². The molecular formula is C16H20ClNO4. The number of carboxylic acids is 1. The third kappa shape index (κ3) is 4.21. The zero-order valence-electron chi connectivity index (χ0n) is 12.5. The van der Waals surface area contributed by atoms with Gasteiger partial charge in [0.2, 0.25) is 0 Å². The molecule has 5 nitrogen and oxygen atoms in total. The average Bonchev–Trinajstić information content (AvgIpc) is 2.97. The Balaban J connectivity index is 2.00. The fraction of sp³-hybridized carbons (Fsp3) is 0.500. The molecule has 1 aliphatic rings. The van der Waals surface area contributed by atoms with Crippen LogP contribution in [0.2, 0.25) is 5.02 Å². The van der Waals surface area contributed by atoms with Crippen molar-refractivity contribution in [2.75, 3.05) is 5.32 Å². The first-order valence-corrected chi connectivity index (χ1v) is 7.88. The highest BCUT2D eigenvalue weighted by Gasteiger charge is 2.24. The van der Waals surface area contributed by atoms with Gasteiger partial charge in [0.25, 0.3) is 5.91 Å². The van der Waals surface area contributed by atoms with Crippen LogP contribution in [0, 0.1) is 0 Å². The van der Waals surface area contributed by atoms with Gasteiger partial charge < -0.3 is 15.2 Å². The molecule has 0 spiro atoms. The van der Waals surface area contributed by atoms with E-state index in [4.69, 9.17) is 21.4 Å². The number of benzene rings is 1. The number of hydrogen-bond donors (Lipinski definition) is 2. The Labute approximate surface area is 134 Å². The largest absolute Gasteiger partial charge is 0.478 e. The number of carboxylic acid groups (broad SMARTS) is 1. The second-order valence-corrected chi connectivity index (χ2v) is 5.84. The van der Waals surface area contributed by atoms with Gasteiger partial charge in [-0.25, -0.2) is 4.79 Å². The molecule has 1 atom stereocenters. The lowest BCUT2D eigenvalue weighted by Gasteiger charge is -2.20. The minimum Gasteiger partial charge on any atom is -0.478 e. The van der Waals surface area contributed by atoms with Crippen LogP contribution >= 0.6 is 11.6 Å². The maximum Gasteiger partial charge on any atom is 0.337 e. The van der Waals surface area contributed by atoms with Gasteiger partial charge in [-0.05, 0) is 37.5 Å². The molecule has 0 bridgehead atoms. The lowest BCUT2D eigenvalue weighted by Crippen LogP contribution is -2.32. The Bertz CT molecular complexity index is 555. The lowest BCUT2D eigenvalue weighted by molar-refractivity contribution is -0.131. The van der Waals surface area contributed by atoms with Gasteiger partial charge in [0, 0.05) is 5.69 Å². The maximum atomic E-state index is 12.3. The number of hydrogen-bond acceptors (Lipinski definition) is 3. The third-order valence-electron chi connectivity index (χ3n) is 3.79. The summed E-state index contributed by atoms with van der Waals surface area (Å²) < 4.78 is 5.85. The second kappa shape index (κ2) is 7.61. The highest BCUT2D eigenvalue weighted by Crippen LogP contribution is 2.24. The Hall–Kier alpha value is -1.59. The average molecular weight is 326 g/mol. The molecule has 1 aromatic carbocycles. The van der Waals surface area contributed by atoms with Gasteiger partial charge in [-0.2, -0.15) is 0 Å². The van der Waals surface area contributed by atoms with Crippen LogP contribution in [0.1, 0.15) is 49.4 Å². The van der Waals surface area contributed by atoms with Gasteiger partial charge in [-0.15, -0.1) is 0 Å². The van der Waals surface area contributed by atoms with E-state index in [1.165, 1.54) is 18.2 Å². The van der Waals surface area contributed by atoms with Gasteiger partial charge in [-0.3, -0.25) is 4.79 Å². The predicted molar refractivity (Wildman–Crippen MR) is 84.5 cm³/mol. The summed E-state index contributed by atoms with van der Waals surface area (Å²) >= 11 is 5.90. The zero-order valence-corrected chi connectivity index (χ0v) is 13.2. The van der Waals surface area contributed by atoms with Crippen molar-refractivity contribution in [1.29, 1.82) is 0 Å². The quantitative estimate of drug-likeness (QED) is 0.836. The number of ether oxygens (including phenoxy) is 1. The fourth-order valence-electron chi connectivity index (χ4n) is 2.59. The minimum absolute atomic E-state index is 0.00825. The Morgan fingerprint density at radius 1 is 1.41 bits per heavy atom. The van der Waals surface area contributed by atoms with Crippen LogP contribution in [0.15, 0.2) is 18.2 Å². The normalized spacial score (nSPS) is 16.5. The van der Waals surface area contributed by atoms with Gasteiger partial charge in [0.15, 0.2) is 0 Å². The van der Waals surface area contributed by atoms with E-state index in [2.05, 4.69) is 5.32 Å². The van der Waals surface area contributed by atoms with E-state index in [9.17, 15) is 9.59 Å². The molecule has 1 aliphatic carbocycles. The van der Waals surface area contributed by atoms with Crippen LogP contribution in [-0.2, 0) is 9.53 Å². The van der Waals surface area contributed by atoms with Gasteiger partial charge in [0.1, 0.15) is 6.10 Å². The SMILES string of the molecule is CCC(OC1CCCC1)C(=O)Nc1ccc(C(=O)O)c(Cl)c1. The predicted octanol–water partition coefficient (Wildman–Crippen LogP) is 3.71. The summed E-state index contributed by atoms with van der Waals surface area (Å²) in [5.74, 6) is -1.33. The van der Waals surface area contributed by atoms with Crippen molar-refractivity contribution in [3.05, 3.63) is 28.8 Å². The number of aromatic carboxylic acids is 1. The molecule has 120 valence electrons. The summed E-state index contributed by atoms with van der Waals surface area (Å²) in [5.41, 5.74) is 0.474. The molecule has 1 unspecified atom stereocenters. The molecule has 6 heteroatoms. The highest BCUT2D eigenvalue weighted by atomic mass is 35.5. The van der Waals surface area contributed by atoms with E-state index in [0.717, 1.165) is 25.7 Å². The second-order valence-electron chi connectivity index (χ2n) is 5.43. The Morgan fingerprint density at radius 2 is 2.09 bits per heavy atom. The topological polar surface area (TPSA) is 75.6 Å². The Kier molecular flexibility index (Phi) is 5.80. The third-order valence-corrected chi connectivity index (χ3v) is 4.10. The number of nitrogens with one attached hydrogen (secondary N) is 1. The summed E-state index contributed by atoms with van der Waals surface area (Å²) in [6.45, 7) is 1.90. The van der Waals surface area contributed by atoms with Crippen LogP contribution in [-0.4, -0.2) is 29.2 Å². The highest BCUT2D eigenvalue weighted by molar-refractivity contribution is 6.33. The van der Waals surface area contributed by atoms with Crippen molar-refractivity contribution in [2.45, 2.75) is 51.2 Å². The number of anilines is 1. The van der Waals surface area contributed by atoms with Crippen molar-refractivity contribution >= 4 is 29.2 Å². The van der Waals surface area contributed by atoms with E-state index in [1.54, 1.807) is 0 Å². The summed E-state index contributed by atoms with van der Waals surface area (Å²) in [6, 6.07) is 4.33. The van der Waals surface area contributed by atoms with Gasteiger partial charge >= 0.3 is 5.97 Å². The first-order valence-electron chi connectivity index (χ1n) is 7.50. The smallest absolute Gasteiger partial charge is 0.337 e. The van der Waals surface area contributed by atoms with E-state index in [1.807, 2.05) is 6.92 Å². The van der Waals surface area contributed by atoms with Crippen molar-refractivity contribution < 1.29 is 19.4 Å². The van der Waals surface area contributed by atoms with Crippen molar-refractivity contribution in [3.8, 4) is 0 Å². The fourth-order valence-corrected chi connectivity index (χ4v) is 2.85. The monoisotopic (exact) mass is 325 g/mol. The molecule has 1 aromatic rings. The maximum absolute atomic E-state index is 12.3. The van der Waals surface area contributed by atoms with Crippen LogP contribution in [0.5, 0.6) is 0 Å². The zero-order chi connectivity index (χ0) is 16.1. The van der Waals surface area contributed by atoms with E-state index < -0.39 is 12.1 Å². The van der Waals surface area contributed by atoms with Crippen LogP contribution in [0.25, 0.3) is 0 Å². The molecule has 2 N–H and O–H groups in total. The van der Waals surface area contributed by atoms with E-state index in [0.29, 0.717) is 12.1 Å². The van der Waals surface area contributed by atoms with Crippen LogP contribution < -0.4 is 5.32 Å². The first-order chi connectivity index (χ1) is 10.5. The molecule has 0 aromatic heterocycles. The number of carbonyl (C=O) groups excluding carboxylic acids is 1. The van der Waals surface area contributed by atoms with Crippen molar-refractivity contribution in [1.82, 2.24) is 0 Å². The molecular weight excluding hydrogens is 306 g/mol. The van der Waals surface area contributed by atoms with Crippen LogP contribution in [0.4, 0.5) is 5.69 Å². The first kappa shape index (κ1) is 16.8. The van der Waals surface area contributed by atoms with Crippen LogP contribution in [0.3, 0.4) is 0 Å². The summed E-state index contributed by atoms with van der Waals surface area (Å²) in [6.07, 6.45) is 4.55. The molecule has 0 aliphatic heterocycles. The number of amides is 1.